The molecule has 0 spiro atoms. The SMILES string of the molecule is C.C=C1CCC(C)N1.CC1CCS(=O)(=O)C1. The second-order valence-corrected chi connectivity index (χ2v) is 6.92. The van der Waals surface area contributed by atoms with Crippen LogP contribution in [0.4, 0.5) is 0 Å². The van der Waals surface area contributed by atoms with Crippen molar-refractivity contribution in [3.63, 3.8) is 0 Å². The maximum Gasteiger partial charge on any atom is 0.150 e. The summed E-state index contributed by atoms with van der Waals surface area (Å²) in [5, 5.41) is 3.22. The topological polar surface area (TPSA) is 46.2 Å². The van der Waals surface area contributed by atoms with Gasteiger partial charge in [0.1, 0.15) is 0 Å². The molecule has 0 aromatic carbocycles. The summed E-state index contributed by atoms with van der Waals surface area (Å²) in [7, 11) is -2.60. The first kappa shape index (κ1) is 15.5. The van der Waals surface area contributed by atoms with E-state index in [1.165, 1.54) is 18.5 Å². The van der Waals surface area contributed by atoms with Gasteiger partial charge in [-0.05, 0) is 32.1 Å². The maximum atomic E-state index is 10.6. The van der Waals surface area contributed by atoms with E-state index in [0.29, 0.717) is 23.5 Å². The van der Waals surface area contributed by atoms with Crippen molar-refractivity contribution in [2.24, 2.45) is 5.92 Å². The fourth-order valence-electron chi connectivity index (χ4n) is 1.86. The normalized spacial score (nSPS) is 31.0. The Morgan fingerprint density at radius 2 is 1.94 bits per heavy atom. The first-order valence-electron chi connectivity index (χ1n) is 5.54. The summed E-state index contributed by atoms with van der Waals surface area (Å²) < 4.78 is 21.3. The third-order valence-electron chi connectivity index (χ3n) is 2.79. The highest BCUT2D eigenvalue weighted by Gasteiger charge is 2.23. The molecule has 0 saturated carbocycles. The van der Waals surface area contributed by atoms with E-state index in [-0.39, 0.29) is 7.43 Å². The molecular weight excluding hydrogens is 222 g/mol. The lowest BCUT2D eigenvalue weighted by atomic mass is 10.2. The Hall–Kier alpha value is -0.510. The molecule has 2 fully saturated rings. The van der Waals surface area contributed by atoms with E-state index in [1.54, 1.807) is 0 Å². The zero-order chi connectivity index (χ0) is 11.5. The van der Waals surface area contributed by atoms with Crippen LogP contribution < -0.4 is 5.32 Å². The monoisotopic (exact) mass is 247 g/mol. The molecule has 16 heavy (non-hydrogen) atoms. The van der Waals surface area contributed by atoms with Gasteiger partial charge < -0.3 is 5.32 Å². The fourth-order valence-corrected chi connectivity index (χ4v) is 3.83. The second-order valence-electron chi connectivity index (χ2n) is 4.70. The highest BCUT2D eigenvalue weighted by Crippen LogP contribution is 2.16. The number of allylic oxidation sites excluding steroid dienone is 1. The lowest BCUT2D eigenvalue weighted by molar-refractivity contribution is 0.599. The molecule has 3 nitrogen and oxygen atoms in total. The van der Waals surface area contributed by atoms with Gasteiger partial charge in [0, 0.05) is 11.7 Å². The molecule has 2 aliphatic heterocycles. The van der Waals surface area contributed by atoms with E-state index >= 15 is 0 Å². The van der Waals surface area contributed by atoms with Gasteiger partial charge in [-0.15, -0.1) is 0 Å². The predicted molar refractivity (Wildman–Crippen MR) is 70.1 cm³/mol. The quantitative estimate of drug-likeness (QED) is 0.715. The molecule has 0 aromatic heterocycles. The second kappa shape index (κ2) is 6.28. The average molecular weight is 247 g/mol. The van der Waals surface area contributed by atoms with Crippen molar-refractivity contribution in [1.82, 2.24) is 5.32 Å². The molecule has 0 aromatic rings. The minimum Gasteiger partial charge on any atom is -0.386 e. The number of hydrogen-bond acceptors (Lipinski definition) is 3. The fraction of sp³-hybridized carbons (Fsp3) is 0.833. The number of sulfone groups is 1. The molecule has 0 radical (unpaired) electrons. The van der Waals surface area contributed by atoms with Crippen molar-refractivity contribution in [1.29, 1.82) is 0 Å². The first-order chi connectivity index (χ1) is 6.89. The highest BCUT2D eigenvalue weighted by molar-refractivity contribution is 7.91. The molecule has 0 aliphatic carbocycles. The van der Waals surface area contributed by atoms with E-state index < -0.39 is 9.84 Å². The van der Waals surface area contributed by atoms with Crippen molar-refractivity contribution >= 4 is 9.84 Å². The van der Waals surface area contributed by atoms with Crippen LogP contribution in [-0.2, 0) is 9.84 Å². The molecule has 0 amide bonds. The largest absolute Gasteiger partial charge is 0.386 e. The zero-order valence-electron chi connectivity index (χ0n) is 9.62. The third-order valence-corrected chi connectivity index (χ3v) is 4.72. The Labute approximate surface area is 100 Å². The Morgan fingerprint density at radius 1 is 1.31 bits per heavy atom. The standard InChI is InChI=1S/C6H11N.C5H10O2S.CH4/c1-5-3-4-6(2)7-5;1-5-2-3-8(6,7)4-5;/h6-7H,1,3-4H2,2H3;5H,2-4H2,1H3;1H4. The molecule has 2 aliphatic rings. The van der Waals surface area contributed by atoms with Gasteiger partial charge in [-0.2, -0.15) is 0 Å². The summed E-state index contributed by atoms with van der Waals surface area (Å²) in [6.07, 6.45) is 3.29. The van der Waals surface area contributed by atoms with Crippen LogP contribution in [0.15, 0.2) is 12.3 Å². The molecule has 2 atom stereocenters. The van der Waals surface area contributed by atoms with Gasteiger partial charge in [-0.3, -0.25) is 0 Å². The summed E-state index contributed by atoms with van der Waals surface area (Å²) in [4.78, 5) is 0. The van der Waals surface area contributed by atoms with Gasteiger partial charge in [0.05, 0.1) is 11.5 Å². The Kier molecular flexibility index (Phi) is 6.08. The van der Waals surface area contributed by atoms with Crippen molar-refractivity contribution in [2.75, 3.05) is 11.5 Å². The van der Waals surface area contributed by atoms with Crippen molar-refractivity contribution < 1.29 is 8.42 Å². The molecule has 1 N–H and O–H groups in total. The smallest absolute Gasteiger partial charge is 0.150 e. The molecule has 2 unspecified atom stereocenters. The Morgan fingerprint density at radius 3 is 2.06 bits per heavy atom. The first-order valence-corrected chi connectivity index (χ1v) is 7.36. The number of rotatable bonds is 0. The lowest BCUT2D eigenvalue weighted by Crippen LogP contribution is -2.14. The van der Waals surface area contributed by atoms with E-state index in [1.807, 2.05) is 6.92 Å². The minimum atomic E-state index is -2.60. The van der Waals surface area contributed by atoms with E-state index in [2.05, 4.69) is 18.8 Å². The van der Waals surface area contributed by atoms with Crippen LogP contribution in [-0.4, -0.2) is 26.0 Å². The summed E-state index contributed by atoms with van der Waals surface area (Å²) >= 11 is 0. The van der Waals surface area contributed by atoms with Crippen LogP contribution in [0, 0.1) is 5.92 Å². The molecule has 4 heteroatoms. The van der Waals surface area contributed by atoms with Crippen molar-refractivity contribution in [2.45, 2.75) is 46.6 Å². The van der Waals surface area contributed by atoms with Gasteiger partial charge in [-0.1, -0.05) is 20.9 Å². The van der Waals surface area contributed by atoms with Gasteiger partial charge in [0.15, 0.2) is 9.84 Å². The van der Waals surface area contributed by atoms with Crippen LogP contribution >= 0.6 is 0 Å². The molecule has 2 heterocycles. The highest BCUT2D eigenvalue weighted by atomic mass is 32.2. The maximum absolute atomic E-state index is 10.6. The lowest BCUT2D eigenvalue weighted by Gasteiger charge is -1.99. The van der Waals surface area contributed by atoms with Crippen LogP contribution in [0.5, 0.6) is 0 Å². The van der Waals surface area contributed by atoms with Crippen LogP contribution in [0.2, 0.25) is 0 Å². The van der Waals surface area contributed by atoms with Crippen LogP contribution in [0.3, 0.4) is 0 Å². The average Bonchev–Trinajstić information content (AvgIpc) is 2.59. The van der Waals surface area contributed by atoms with Gasteiger partial charge in [-0.25, -0.2) is 8.42 Å². The molecular formula is C12H25NO2S. The number of nitrogens with one attached hydrogen (secondary N) is 1. The zero-order valence-corrected chi connectivity index (χ0v) is 10.4. The van der Waals surface area contributed by atoms with Crippen molar-refractivity contribution in [3.8, 4) is 0 Å². The van der Waals surface area contributed by atoms with E-state index in [4.69, 9.17) is 0 Å². The number of hydrogen-bond donors (Lipinski definition) is 1. The summed E-state index contributed by atoms with van der Waals surface area (Å²) in [5.74, 6) is 1.22. The van der Waals surface area contributed by atoms with Crippen molar-refractivity contribution in [3.05, 3.63) is 12.3 Å². The Bertz CT molecular complexity index is 322. The van der Waals surface area contributed by atoms with Gasteiger partial charge >= 0.3 is 0 Å². The summed E-state index contributed by atoms with van der Waals surface area (Å²) in [5.41, 5.74) is 1.20. The molecule has 2 rings (SSSR count). The summed E-state index contributed by atoms with van der Waals surface area (Å²) in [6.45, 7) is 7.95. The minimum absolute atomic E-state index is 0. The predicted octanol–water partition coefficient (Wildman–Crippen LogP) is 2.35. The third kappa shape index (κ3) is 5.54. The van der Waals surface area contributed by atoms with E-state index in [9.17, 15) is 8.42 Å². The Balaban J connectivity index is 0.000000267. The summed E-state index contributed by atoms with van der Waals surface area (Å²) in [6, 6.07) is 0.674. The molecule has 2 saturated heterocycles. The van der Waals surface area contributed by atoms with E-state index in [0.717, 1.165) is 6.42 Å². The van der Waals surface area contributed by atoms with Gasteiger partial charge in [0.25, 0.3) is 0 Å². The van der Waals surface area contributed by atoms with Crippen LogP contribution in [0.25, 0.3) is 0 Å². The molecule has 0 bridgehead atoms. The molecule has 96 valence electrons. The van der Waals surface area contributed by atoms with Gasteiger partial charge in [0.2, 0.25) is 0 Å². The van der Waals surface area contributed by atoms with Crippen LogP contribution in [0.1, 0.15) is 40.5 Å².